The highest BCUT2D eigenvalue weighted by molar-refractivity contribution is 7.93. The van der Waals surface area contributed by atoms with E-state index >= 15 is 0 Å². The van der Waals surface area contributed by atoms with Crippen molar-refractivity contribution in [2.24, 2.45) is 0 Å². The highest BCUT2D eigenvalue weighted by Gasteiger charge is 2.28. The SMILES string of the molecule is O=C(Nc1ccccc1CN1CCCC1)c1ccc(N2CCCS2(=O)=O)cc1. The van der Waals surface area contributed by atoms with Gasteiger partial charge in [-0.05, 0) is 68.2 Å². The average Bonchev–Trinajstić information content (AvgIpc) is 3.32. The number of likely N-dealkylation sites (tertiary alicyclic amines) is 1. The van der Waals surface area contributed by atoms with Gasteiger partial charge in [-0.3, -0.25) is 14.0 Å². The number of carbonyl (C=O) groups excluding carboxylic acids is 1. The van der Waals surface area contributed by atoms with Crippen molar-refractivity contribution < 1.29 is 13.2 Å². The van der Waals surface area contributed by atoms with Crippen LogP contribution in [0.5, 0.6) is 0 Å². The second kappa shape index (κ2) is 7.93. The third kappa shape index (κ3) is 4.05. The van der Waals surface area contributed by atoms with E-state index in [1.54, 1.807) is 24.3 Å². The fourth-order valence-corrected chi connectivity index (χ4v) is 5.43. The van der Waals surface area contributed by atoms with E-state index in [9.17, 15) is 13.2 Å². The Balaban J connectivity index is 1.47. The van der Waals surface area contributed by atoms with Crippen LogP contribution in [0.3, 0.4) is 0 Å². The lowest BCUT2D eigenvalue weighted by atomic mass is 10.1. The van der Waals surface area contributed by atoms with Crippen LogP contribution in [-0.4, -0.2) is 44.6 Å². The Morgan fingerprint density at radius 2 is 1.64 bits per heavy atom. The summed E-state index contributed by atoms with van der Waals surface area (Å²) in [4.78, 5) is 15.1. The lowest BCUT2D eigenvalue weighted by molar-refractivity contribution is 0.102. The number of para-hydroxylation sites is 1. The molecule has 0 atom stereocenters. The first-order valence-corrected chi connectivity index (χ1v) is 11.4. The number of hydrogen-bond donors (Lipinski definition) is 1. The zero-order chi connectivity index (χ0) is 19.6. The first-order chi connectivity index (χ1) is 13.5. The summed E-state index contributed by atoms with van der Waals surface area (Å²) in [5.41, 5.74) is 3.06. The monoisotopic (exact) mass is 399 g/mol. The maximum absolute atomic E-state index is 12.7. The summed E-state index contributed by atoms with van der Waals surface area (Å²) in [6, 6.07) is 14.7. The van der Waals surface area contributed by atoms with Crippen molar-refractivity contribution >= 4 is 27.3 Å². The lowest BCUT2D eigenvalue weighted by Crippen LogP contribution is -2.25. The molecule has 0 bridgehead atoms. The third-order valence-electron chi connectivity index (χ3n) is 5.37. The molecule has 0 unspecified atom stereocenters. The van der Waals surface area contributed by atoms with E-state index in [-0.39, 0.29) is 11.7 Å². The highest BCUT2D eigenvalue weighted by atomic mass is 32.2. The minimum atomic E-state index is -3.21. The maximum atomic E-state index is 12.7. The molecule has 0 radical (unpaired) electrons. The molecule has 2 heterocycles. The zero-order valence-corrected chi connectivity index (χ0v) is 16.6. The van der Waals surface area contributed by atoms with Crippen LogP contribution < -0.4 is 9.62 Å². The summed E-state index contributed by atoms with van der Waals surface area (Å²) in [7, 11) is -3.21. The standard InChI is InChI=1S/C21H25N3O3S/c25-21(17-8-10-19(11-9-17)24-14-5-15-28(24,26)27)22-20-7-2-1-6-18(20)16-23-12-3-4-13-23/h1-2,6-11H,3-5,12-16H2,(H,22,25). The Kier molecular flexibility index (Phi) is 5.37. The molecule has 4 rings (SSSR count). The summed E-state index contributed by atoms with van der Waals surface area (Å²) >= 11 is 0. The number of nitrogens with one attached hydrogen (secondary N) is 1. The Morgan fingerprint density at radius 1 is 0.929 bits per heavy atom. The average molecular weight is 400 g/mol. The molecule has 148 valence electrons. The van der Waals surface area contributed by atoms with Crippen LogP contribution in [0.2, 0.25) is 0 Å². The molecule has 7 heteroatoms. The van der Waals surface area contributed by atoms with Crippen LogP contribution >= 0.6 is 0 Å². The molecule has 2 aromatic rings. The quantitative estimate of drug-likeness (QED) is 0.839. The summed E-state index contributed by atoms with van der Waals surface area (Å²) in [6.07, 6.45) is 3.10. The third-order valence-corrected chi connectivity index (χ3v) is 7.24. The summed E-state index contributed by atoms with van der Waals surface area (Å²) in [5, 5.41) is 3.01. The van der Waals surface area contributed by atoms with Crippen LogP contribution in [0.1, 0.15) is 35.2 Å². The molecule has 28 heavy (non-hydrogen) atoms. The summed E-state index contributed by atoms with van der Waals surface area (Å²) < 4.78 is 25.5. The van der Waals surface area contributed by atoms with Crippen molar-refractivity contribution in [3.63, 3.8) is 0 Å². The topological polar surface area (TPSA) is 69.7 Å². The van der Waals surface area contributed by atoms with Crippen molar-refractivity contribution in [3.8, 4) is 0 Å². The largest absolute Gasteiger partial charge is 0.322 e. The van der Waals surface area contributed by atoms with Crippen LogP contribution in [0, 0.1) is 0 Å². The van der Waals surface area contributed by atoms with Crippen LogP contribution in [0.4, 0.5) is 11.4 Å². The van der Waals surface area contributed by atoms with Gasteiger partial charge in [0.05, 0.1) is 11.4 Å². The molecule has 6 nitrogen and oxygen atoms in total. The van der Waals surface area contributed by atoms with E-state index < -0.39 is 10.0 Å². The van der Waals surface area contributed by atoms with E-state index in [2.05, 4.69) is 16.3 Å². The van der Waals surface area contributed by atoms with Gasteiger partial charge in [0.1, 0.15) is 0 Å². The minimum absolute atomic E-state index is 0.184. The molecule has 2 fully saturated rings. The van der Waals surface area contributed by atoms with Crippen molar-refractivity contribution in [2.75, 3.05) is 35.0 Å². The molecule has 1 amide bonds. The first kappa shape index (κ1) is 19.0. The van der Waals surface area contributed by atoms with E-state index in [1.807, 2.05) is 18.2 Å². The van der Waals surface area contributed by atoms with Gasteiger partial charge in [-0.1, -0.05) is 18.2 Å². The van der Waals surface area contributed by atoms with E-state index in [4.69, 9.17) is 0 Å². The minimum Gasteiger partial charge on any atom is -0.322 e. The normalized spacial score (nSPS) is 19.1. The fourth-order valence-electron chi connectivity index (χ4n) is 3.86. The van der Waals surface area contributed by atoms with Gasteiger partial charge in [-0.2, -0.15) is 0 Å². The van der Waals surface area contributed by atoms with Crippen molar-refractivity contribution in [1.82, 2.24) is 4.90 Å². The number of hydrogen-bond acceptors (Lipinski definition) is 4. The molecule has 0 aromatic heterocycles. The molecular formula is C21H25N3O3S. The second-order valence-electron chi connectivity index (χ2n) is 7.38. The van der Waals surface area contributed by atoms with Gasteiger partial charge in [0, 0.05) is 24.3 Å². The molecule has 2 aliphatic heterocycles. The van der Waals surface area contributed by atoms with E-state index in [0.717, 1.165) is 30.9 Å². The molecule has 2 aliphatic rings. The molecule has 0 spiro atoms. The van der Waals surface area contributed by atoms with E-state index in [1.165, 1.54) is 17.1 Å². The van der Waals surface area contributed by atoms with Gasteiger partial charge >= 0.3 is 0 Å². The van der Waals surface area contributed by atoms with Crippen molar-refractivity contribution in [1.29, 1.82) is 0 Å². The lowest BCUT2D eigenvalue weighted by Gasteiger charge is -2.18. The summed E-state index contributed by atoms with van der Waals surface area (Å²) in [6.45, 7) is 3.53. The fraction of sp³-hybridized carbons (Fsp3) is 0.381. The number of carbonyl (C=O) groups is 1. The number of amides is 1. The smallest absolute Gasteiger partial charge is 0.255 e. The predicted octanol–water partition coefficient (Wildman–Crippen LogP) is 3.07. The van der Waals surface area contributed by atoms with Crippen LogP contribution in [0.25, 0.3) is 0 Å². The number of sulfonamides is 1. The molecule has 0 saturated carbocycles. The van der Waals surface area contributed by atoms with Crippen molar-refractivity contribution in [2.45, 2.75) is 25.8 Å². The van der Waals surface area contributed by atoms with Gasteiger partial charge in [-0.25, -0.2) is 8.42 Å². The molecule has 1 N–H and O–H groups in total. The summed E-state index contributed by atoms with van der Waals surface area (Å²) in [5.74, 6) is -0.00652. The first-order valence-electron chi connectivity index (χ1n) is 9.75. The molecular weight excluding hydrogens is 374 g/mol. The Labute approximate surface area is 166 Å². The Hall–Kier alpha value is -2.38. The zero-order valence-electron chi connectivity index (χ0n) is 15.8. The number of benzene rings is 2. The number of nitrogens with zero attached hydrogens (tertiary/aromatic N) is 2. The van der Waals surface area contributed by atoms with E-state index in [0.29, 0.717) is 24.2 Å². The Morgan fingerprint density at radius 3 is 2.32 bits per heavy atom. The second-order valence-corrected chi connectivity index (χ2v) is 9.40. The maximum Gasteiger partial charge on any atom is 0.255 e. The van der Waals surface area contributed by atoms with Crippen LogP contribution in [-0.2, 0) is 16.6 Å². The van der Waals surface area contributed by atoms with Gasteiger partial charge in [0.15, 0.2) is 0 Å². The van der Waals surface area contributed by atoms with Crippen LogP contribution in [0.15, 0.2) is 48.5 Å². The predicted molar refractivity (Wildman–Crippen MR) is 111 cm³/mol. The van der Waals surface area contributed by atoms with Crippen molar-refractivity contribution in [3.05, 3.63) is 59.7 Å². The number of rotatable bonds is 5. The molecule has 2 saturated heterocycles. The Bertz CT molecular complexity index is 951. The van der Waals surface area contributed by atoms with Gasteiger partial charge in [0.2, 0.25) is 10.0 Å². The number of anilines is 2. The van der Waals surface area contributed by atoms with Gasteiger partial charge < -0.3 is 5.32 Å². The molecule has 2 aromatic carbocycles. The van der Waals surface area contributed by atoms with Gasteiger partial charge in [0.25, 0.3) is 5.91 Å². The molecule has 0 aliphatic carbocycles. The van der Waals surface area contributed by atoms with Gasteiger partial charge in [-0.15, -0.1) is 0 Å². The highest BCUT2D eigenvalue weighted by Crippen LogP contribution is 2.25.